The molecule has 3 N–H and O–H groups in total. The number of hydrogen-bond donors (Lipinski definition) is 3. The van der Waals surface area contributed by atoms with E-state index >= 15 is 0 Å². The maximum atomic E-state index is 11.8. The summed E-state index contributed by atoms with van der Waals surface area (Å²) in [4.78, 5) is 23.3. The van der Waals surface area contributed by atoms with Gasteiger partial charge in [0.2, 0.25) is 11.8 Å². The van der Waals surface area contributed by atoms with Gasteiger partial charge in [0.05, 0.1) is 13.1 Å². The Morgan fingerprint density at radius 2 is 1.59 bits per heavy atom. The van der Waals surface area contributed by atoms with Gasteiger partial charge in [0.1, 0.15) is 0 Å². The lowest BCUT2D eigenvalue weighted by molar-refractivity contribution is -0.126. The highest BCUT2D eigenvalue weighted by Gasteiger charge is 2.16. The minimum atomic E-state index is -0.180. The SMILES string of the molecule is CC(C)NC(=O)CNC(=O)CN[C@H](c1ccccc1)C(C)C. The van der Waals surface area contributed by atoms with Gasteiger partial charge in [-0.25, -0.2) is 0 Å². The number of amides is 2. The molecule has 1 aromatic carbocycles. The summed E-state index contributed by atoms with van der Waals surface area (Å²) in [6.45, 7) is 8.18. The lowest BCUT2D eigenvalue weighted by atomic mass is 9.96. The minimum Gasteiger partial charge on any atom is -0.352 e. The van der Waals surface area contributed by atoms with Gasteiger partial charge < -0.3 is 16.0 Å². The summed E-state index contributed by atoms with van der Waals surface area (Å²) in [5, 5.41) is 8.61. The van der Waals surface area contributed by atoms with Gasteiger partial charge in [0, 0.05) is 12.1 Å². The van der Waals surface area contributed by atoms with Crippen LogP contribution in [0.1, 0.15) is 39.3 Å². The Morgan fingerprint density at radius 1 is 0.955 bits per heavy atom. The lowest BCUT2D eigenvalue weighted by Gasteiger charge is -2.22. The summed E-state index contributed by atoms with van der Waals surface area (Å²) in [6.07, 6.45) is 0. The van der Waals surface area contributed by atoms with E-state index in [0.29, 0.717) is 5.92 Å². The monoisotopic (exact) mass is 305 g/mol. The molecule has 0 fully saturated rings. The summed E-state index contributed by atoms with van der Waals surface area (Å²) >= 11 is 0. The fourth-order valence-electron chi connectivity index (χ4n) is 2.22. The molecule has 1 aromatic rings. The third-order valence-electron chi connectivity index (χ3n) is 3.20. The highest BCUT2D eigenvalue weighted by molar-refractivity contribution is 5.85. The van der Waals surface area contributed by atoms with E-state index in [4.69, 9.17) is 0 Å². The van der Waals surface area contributed by atoms with Crippen LogP contribution < -0.4 is 16.0 Å². The summed E-state index contributed by atoms with van der Waals surface area (Å²) in [7, 11) is 0. The molecule has 0 aliphatic heterocycles. The molecule has 1 rings (SSSR count). The Balaban J connectivity index is 2.42. The van der Waals surface area contributed by atoms with E-state index in [2.05, 4.69) is 29.8 Å². The van der Waals surface area contributed by atoms with Crippen molar-refractivity contribution < 1.29 is 9.59 Å². The van der Waals surface area contributed by atoms with Crippen LogP contribution in [0.3, 0.4) is 0 Å². The molecule has 0 aromatic heterocycles. The van der Waals surface area contributed by atoms with Crippen LogP contribution in [0.2, 0.25) is 0 Å². The van der Waals surface area contributed by atoms with E-state index in [1.807, 2.05) is 44.2 Å². The molecule has 122 valence electrons. The van der Waals surface area contributed by atoms with Crippen molar-refractivity contribution in [1.82, 2.24) is 16.0 Å². The van der Waals surface area contributed by atoms with E-state index in [0.717, 1.165) is 5.56 Å². The van der Waals surface area contributed by atoms with Crippen LogP contribution >= 0.6 is 0 Å². The largest absolute Gasteiger partial charge is 0.352 e. The molecule has 0 heterocycles. The molecular formula is C17H27N3O2. The van der Waals surface area contributed by atoms with Crippen molar-refractivity contribution in [2.24, 2.45) is 5.92 Å². The van der Waals surface area contributed by atoms with Crippen molar-refractivity contribution in [2.75, 3.05) is 13.1 Å². The van der Waals surface area contributed by atoms with Crippen LogP contribution in [0.4, 0.5) is 0 Å². The van der Waals surface area contributed by atoms with Crippen molar-refractivity contribution in [3.05, 3.63) is 35.9 Å². The second-order valence-electron chi connectivity index (χ2n) is 6.01. The number of benzene rings is 1. The number of nitrogens with one attached hydrogen (secondary N) is 3. The van der Waals surface area contributed by atoms with E-state index < -0.39 is 0 Å². The molecule has 1 atom stereocenters. The van der Waals surface area contributed by atoms with Gasteiger partial charge in [-0.15, -0.1) is 0 Å². The first-order valence-electron chi connectivity index (χ1n) is 7.74. The smallest absolute Gasteiger partial charge is 0.239 e. The van der Waals surface area contributed by atoms with Crippen molar-refractivity contribution >= 4 is 11.8 Å². The maximum absolute atomic E-state index is 11.8. The third kappa shape index (κ3) is 6.72. The second kappa shape index (κ2) is 9.20. The van der Waals surface area contributed by atoms with Gasteiger partial charge in [0.25, 0.3) is 0 Å². The van der Waals surface area contributed by atoms with Gasteiger partial charge in [-0.3, -0.25) is 9.59 Å². The van der Waals surface area contributed by atoms with Crippen LogP contribution in [0.5, 0.6) is 0 Å². The molecular weight excluding hydrogens is 278 g/mol. The fourth-order valence-corrected chi connectivity index (χ4v) is 2.22. The van der Waals surface area contributed by atoms with Crippen LogP contribution in [0, 0.1) is 5.92 Å². The first-order valence-corrected chi connectivity index (χ1v) is 7.74. The van der Waals surface area contributed by atoms with Gasteiger partial charge in [0.15, 0.2) is 0 Å². The Morgan fingerprint density at radius 3 is 2.14 bits per heavy atom. The van der Waals surface area contributed by atoms with Gasteiger partial charge >= 0.3 is 0 Å². The van der Waals surface area contributed by atoms with Crippen LogP contribution in [-0.4, -0.2) is 30.9 Å². The number of hydrogen-bond acceptors (Lipinski definition) is 3. The van der Waals surface area contributed by atoms with Gasteiger partial charge in [-0.05, 0) is 25.3 Å². The van der Waals surface area contributed by atoms with Crippen LogP contribution in [0.25, 0.3) is 0 Å². The minimum absolute atomic E-state index is 0.0103. The van der Waals surface area contributed by atoms with Gasteiger partial charge in [-0.1, -0.05) is 44.2 Å². The second-order valence-corrected chi connectivity index (χ2v) is 6.01. The summed E-state index contributed by atoms with van der Waals surface area (Å²) in [5.41, 5.74) is 1.16. The van der Waals surface area contributed by atoms with Gasteiger partial charge in [-0.2, -0.15) is 0 Å². The van der Waals surface area contributed by atoms with E-state index in [1.165, 1.54) is 0 Å². The zero-order valence-electron chi connectivity index (χ0n) is 13.8. The van der Waals surface area contributed by atoms with E-state index in [1.54, 1.807) is 0 Å². The molecule has 0 aliphatic rings. The first-order chi connectivity index (χ1) is 10.4. The topological polar surface area (TPSA) is 70.2 Å². The Bertz CT molecular complexity index is 472. The zero-order chi connectivity index (χ0) is 16.5. The quantitative estimate of drug-likeness (QED) is 0.683. The molecule has 0 aliphatic carbocycles. The van der Waals surface area contributed by atoms with Crippen molar-refractivity contribution in [3.63, 3.8) is 0 Å². The Labute approximate surface area is 132 Å². The van der Waals surface area contributed by atoms with Crippen molar-refractivity contribution in [1.29, 1.82) is 0 Å². The average molecular weight is 305 g/mol. The molecule has 0 radical (unpaired) electrons. The highest BCUT2D eigenvalue weighted by atomic mass is 16.2. The molecule has 5 nitrogen and oxygen atoms in total. The number of carbonyl (C=O) groups excluding carboxylic acids is 2. The molecule has 22 heavy (non-hydrogen) atoms. The predicted octanol–water partition coefficient (Wildman–Crippen LogP) is 1.61. The Hall–Kier alpha value is -1.88. The van der Waals surface area contributed by atoms with Crippen molar-refractivity contribution in [2.45, 2.75) is 39.8 Å². The molecule has 2 amide bonds. The molecule has 0 saturated carbocycles. The number of carbonyl (C=O) groups is 2. The van der Waals surface area contributed by atoms with Crippen molar-refractivity contribution in [3.8, 4) is 0 Å². The molecule has 0 saturated heterocycles. The lowest BCUT2D eigenvalue weighted by Crippen LogP contribution is -2.43. The highest BCUT2D eigenvalue weighted by Crippen LogP contribution is 2.20. The average Bonchev–Trinajstić information content (AvgIpc) is 2.45. The fraction of sp³-hybridized carbons (Fsp3) is 0.529. The van der Waals surface area contributed by atoms with E-state index in [-0.39, 0.29) is 37.0 Å². The standard InChI is InChI=1S/C17H27N3O2/c1-12(2)17(14-8-6-5-7-9-14)19-10-15(21)18-11-16(22)20-13(3)4/h5-9,12-13,17,19H,10-11H2,1-4H3,(H,18,21)(H,20,22)/t17-/m0/s1. The predicted molar refractivity (Wildman–Crippen MR) is 88.3 cm³/mol. The molecule has 0 spiro atoms. The molecule has 0 bridgehead atoms. The summed E-state index contributed by atoms with van der Waals surface area (Å²) in [6, 6.07) is 10.2. The Kier molecular flexibility index (Phi) is 7.60. The number of rotatable bonds is 8. The summed E-state index contributed by atoms with van der Waals surface area (Å²) < 4.78 is 0. The molecule has 5 heteroatoms. The summed E-state index contributed by atoms with van der Waals surface area (Å²) in [5.74, 6) is 0.00625. The van der Waals surface area contributed by atoms with Crippen LogP contribution in [-0.2, 0) is 9.59 Å². The zero-order valence-corrected chi connectivity index (χ0v) is 13.8. The maximum Gasteiger partial charge on any atom is 0.239 e. The first kappa shape index (κ1) is 18.2. The normalized spacial score (nSPS) is 12.3. The third-order valence-corrected chi connectivity index (χ3v) is 3.20. The van der Waals surface area contributed by atoms with E-state index in [9.17, 15) is 9.59 Å². The molecule has 0 unspecified atom stereocenters. The van der Waals surface area contributed by atoms with Crippen LogP contribution in [0.15, 0.2) is 30.3 Å².